The average Bonchev–Trinajstić information content (AvgIpc) is 3.45. The number of carbonyl (C=O) groups excluding carboxylic acids is 2. The van der Waals surface area contributed by atoms with Crippen LogP contribution in [0, 0.1) is 17.5 Å². The minimum absolute atomic E-state index is 0.0574. The van der Waals surface area contributed by atoms with Crippen molar-refractivity contribution < 1.29 is 31.9 Å². The van der Waals surface area contributed by atoms with E-state index in [-0.39, 0.29) is 47.9 Å². The second-order valence-electron chi connectivity index (χ2n) is 7.80. The van der Waals surface area contributed by atoms with Crippen LogP contribution in [0.4, 0.5) is 23.7 Å². The Labute approximate surface area is 193 Å². The fraction of sp³-hybridized carbons (Fsp3) is 0.250. The summed E-state index contributed by atoms with van der Waals surface area (Å²) in [6, 6.07) is 9.96. The number of ether oxygens (including phenoxy) is 1. The van der Waals surface area contributed by atoms with Gasteiger partial charge in [-0.1, -0.05) is 12.1 Å². The number of rotatable bonds is 8. The Morgan fingerprint density at radius 2 is 1.88 bits per heavy atom. The van der Waals surface area contributed by atoms with E-state index in [0.29, 0.717) is 12.3 Å². The molecule has 2 aromatic carbocycles. The van der Waals surface area contributed by atoms with Gasteiger partial charge in [-0.05, 0) is 30.3 Å². The Balaban J connectivity index is 1.47. The molecule has 2 heterocycles. The molecule has 7 nitrogen and oxygen atoms in total. The number of hydrogen-bond acceptors (Lipinski definition) is 5. The predicted molar refractivity (Wildman–Crippen MR) is 117 cm³/mol. The first kappa shape index (κ1) is 23.4. The maximum Gasteiger partial charge on any atom is 0.414 e. The Morgan fingerprint density at radius 1 is 1.09 bits per heavy atom. The molecule has 10 heteroatoms. The van der Waals surface area contributed by atoms with E-state index < -0.39 is 29.6 Å². The molecule has 1 aliphatic rings. The van der Waals surface area contributed by atoms with Gasteiger partial charge in [-0.15, -0.1) is 0 Å². The molecule has 0 bridgehead atoms. The van der Waals surface area contributed by atoms with Crippen LogP contribution in [0.5, 0.6) is 0 Å². The molecule has 1 saturated heterocycles. The van der Waals surface area contributed by atoms with Crippen LogP contribution < -0.4 is 15.5 Å². The number of hydrogen-bond donors (Lipinski definition) is 2. The fourth-order valence-electron chi connectivity index (χ4n) is 3.65. The van der Waals surface area contributed by atoms with E-state index in [9.17, 15) is 22.8 Å². The molecule has 0 unspecified atom stereocenters. The lowest BCUT2D eigenvalue weighted by Gasteiger charge is -2.15. The molecular weight excluding hydrogens is 451 g/mol. The number of nitrogens with one attached hydrogen (secondary N) is 2. The van der Waals surface area contributed by atoms with Crippen molar-refractivity contribution in [1.29, 1.82) is 0 Å². The molecule has 0 aliphatic carbocycles. The van der Waals surface area contributed by atoms with Gasteiger partial charge in [-0.3, -0.25) is 9.69 Å². The monoisotopic (exact) mass is 473 g/mol. The van der Waals surface area contributed by atoms with Crippen molar-refractivity contribution in [1.82, 2.24) is 10.6 Å². The zero-order chi connectivity index (χ0) is 24.2. The van der Waals surface area contributed by atoms with E-state index in [1.54, 1.807) is 12.1 Å². The van der Waals surface area contributed by atoms with Crippen molar-refractivity contribution in [2.45, 2.75) is 26.1 Å². The molecule has 0 spiro atoms. The third-order valence-electron chi connectivity index (χ3n) is 5.36. The van der Waals surface area contributed by atoms with Gasteiger partial charge in [0.15, 0.2) is 11.6 Å². The van der Waals surface area contributed by atoms with E-state index in [0.717, 1.165) is 6.07 Å². The molecular formula is C24H22F3N3O4. The van der Waals surface area contributed by atoms with Gasteiger partial charge in [-0.25, -0.2) is 18.0 Å². The lowest BCUT2D eigenvalue weighted by molar-refractivity contribution is -0.119. The number of benzene rings is 2. The van der Waals surface area contributed by atoms with Gasteiger partial charge in [0.2, 0.25) is 5.91 Å². The molecule has 1 fully saturated rings. The van der Waals surface area contributed by atoms with E-state index >= 15 is 0 Å². The van der Waals surface area contributed by atoms with Crippen molar-refractivity contribution in [3.05, 3.63) is 77.5 Å². The maximum atomic E-state index is 14.9. The molecule has 2 amide bonds. The first-order chi connectivity index (χ1) is 16.3. The normalized spacial score (nSPS) is 15.5. The molecule has 1 atom stereocenters. The molecule has 1 aromatic heterocycles. The Bertz CT molecular complexity index is 1200. The number of furan rings is 1. The van der Waals surface area contributed by atoms with Crippen LogP contribution in [0.1, 0.15) is 18.2 Å². The molecule has 0 radical (unpaired) electrons. The van der Waals surface area contributed by atoms with Gasteiger partial charge in [0.1, 0.15) is 17.7 Å². The number of amides is 2. The SMILES string of the molecule is CC(=O)NC[C@H]1CN(c2ccc(-c3ccc(CNCc4ccco4)c(F)c3F)c(F)c2)C(=O)O1. The Kier molecular flexibility index (Phi) is 6.87. The summed E-state index contributed by atoms with van der Waals surface area (Å²) in [4.78, 5) is 24.4. The lowest BCUT2D eigenvalue weighted by Crippen LogP contribution is -2.33. The number of cyclic esters (lactones) is 1. The third kappa shape index (κ3) is 5.07. The molecule has 4 rings (SSSR count). The summed E-state index contributed by atoms with van der Waals surface area (Å²) < 4.78 is 54.7. The fourth-order valence-corrected chi connectivity index (χ4v) is 3.65. The quantitative estimate of drug-likeness (QED) is 0.515. The van der Waals surface area contributed by atoms with Gasteiger partial charge in [0.05, 0.1) is 31.6 Å². The van der Waals surface area contributed by atoms with Crippen LogP contribution in [-0.2, 0) is 22.6 Å². The highest BCUT2D eigenvalue weighted by Crippen LogP contribution is 2.32. The zero-order valence-corrected chi connectivity index (χ0v) is 18.2. The van der Waals surface area contributed by atoms with Gasteiger partial charge in [-0.2, -0.15) is 0 Å². The second kappa shape index (κ2) is 10.0. The summed E-state index contributed by atoms with van der Waals surface area (Å²) in [5.74, 6) is -2.67. The Morgan fingerprint density at radius 3 is 2.59 bits per heavy atom. The van der Waals surface area contributed by atoms with Crippen molar-refractivity contribution in [2.24, 2.45) is 0 Å². The van der Waals surface area contributed by atoms with Gasteiger partial charge in [0.25, 0.3) is 0 Å². The van der Waals surface area contributed by atoms with E-state index in [1.807, 2.05) is 0 Å². The lowest BCUT2D eigenvalue weighted by atomic mass is 10.0. The molecule has 3 aromatic rings. The summed E-state index contributed by atoms with van der Waals surface area (Å²) in [6.45, 7) is 1.99. The smallest absolute Gasteiger partial charge is 0.414 e. The van der Waals surface area contributed by atoms with Crippen molar-refractivity contribution in [2.75, 3.05) is 18.0 Å². The van der Waals surface area contributed by atoms with Crippen LogP contribution in [0.2, 0.25) is 0 Å². The summed E-state index contributed by atoms with van der Waals surface area (Å²) in [5.41, 5.74) is -0.0764. The van der Waals surface area contributed by atoms with Crippen molar-refractivity contribution in [3.63, 3.8) is 0 Å². The highest BCUT2D eigenvalue weighted by Gasteiger charge is 2.33. The number of nitrogens with zero attached hydrogens (tertiary/aromatic N) is 1. The number of anilines is 1. The van der Waals surface area contributed by atoms with Crippen LogP contribution >= 0.6 is 0 Å². The van der Waals surface area contributed by atoms with Crippen molar-refractivity contribution >= 4 is 17.7 Å². The average molecular weight is 473 g/mol. The predicted octanol–water partition coefficient (Wildman–Crippen LogP) is 4.12. The summed E-state index contributed by atoms with van der Waals surface area (Å²) in [5, 5.41) is 5.51. The van der Waals surface area contributed by atoms with Crippen LogP contribution in [-0.4, -0.2) is 31.2 Å². The van der Waals surface area contributed by atoms with Gasteiger partial charge >= 0.3 is 6.09 Å². The van der Waals surface area contributed by atoms with Crippen molar-refractivity contribution in [3.8, 4) is 11.1 Å². The zero-order valence-electron chi connectivity index (χ0n) is 18.2. The van der Waals surface area contributed by atoms with E-state index in [1.165, 1.54) is 42.4 Å². The third-order valence-corrected chi connectivity index (χ3v) is 5.36. The van der Waals surface area contributed by atoms with Gasteiger partial charge in [0, 0.05) is 30.2 Å². The molecule has 178 valence electrons. The summed E-state index contributed by atoms with van der Waals surface area (Å²) >= 11 is 0. The molecule has 2 N–H and O–H groups in total. The van der Waals surface area contributed by atoms with Crippen LogP contribution in [0.15, 0.2) is 53.1 Å². The number of halogens is 3. The first-order valence-electron chi connectivity index (χ1n) is 10.6. The van der Waals surface area contributed by atoms with Crippen LogP contribution in [0.25, 0.3) is 11.1 Å². The standard InChI is InChI=1S/C24H22F3N3O4/c1-14(31)29-12-18-13-30(24(32)34-18)16-5-7-19(21(25)9-16)20-6-4-15(22(26)23(20)27)10-28-11-17-3-2-8-33-17/h2-9,18,28H,10-13H2,1H3,(H,29,31)/t18-/m0/s1. The van der Waals surface area contributed by atoms with E-state index in [2.05, 4.69) is 10.6 Å². The molecule has 34 heavy (non-hydrogen) atoms. The minimum atomic E-state index is -1.17. The summed E-state index contributed by atoms with van der Waals surface area (Å²) in [6.07, 6.45) is 0.244. The van der Waals surface area contributed by atoms with Gasteiger partial charge < -0.3 is 19.8 Å². The first-order valence-corrected chi connectivity index (χ1v) is 10.6. The van der Waals surface area contributed by atoms with E-state index in [4.69, 9.17) is 9.15 Å². The highest BCUT2D eigenvalue weighted by atomic mass is 19.2. The highest BCUT2D eigenvalue weighted by molar-refractivity contribution is 5.90. The topological polar surface area (TPSA) is 83.8 Å². The largest absolute Gasteiger partial charge is 0.468 e. The summed E-state index contributed by atoms with van der Waals surface area (Å²) in [7, 11) is 0. The minimum Gasteiger partial charge on any atom is -0.468 e. The maximum absolute atomic E-state index is 14.9. The Hall–Kier alpha value is -3.79. The molecule has 0 saturated carbocycles. The number of carbonyl (C=O) groups is 2. The van der Waals surface area contributed by atoms with Crippen LogP contribution in [0.3, 0.4) is 0 Å². The molecule has 1 aliphatic heterocycles. The second-order valence-corrected chi connectivity index (χ2v) is 7.80.